The Kier molecular flexibility index (Phi) is 8.88. The lowest BCUT2D eigenvalue weighted by molar-refractivity contribution is -0.118. The number of hydrogen-bond acceptors (Lipinski definition) is 5. The molecule has 1 N–H and O–H groups in total. The number of thioether (sulfide) groups is 1. The maximum Gasteiger partial charge on any atom is 0.262 e. The summed E-state index contributed by atoms with van der Waals surface area (Å²) < 4.78 is 20.9. The summed E-state index contributed by atoms with van der Waals surface area (Å²) in [5.74, 6) is -0.480. The fourth-order valence-corrected chi connectivity index (χ4v) is 4.17. The first-order valence-corrected chi connectivity index (χ1v) is 12.1. The summed E-state index contributed by atoms with van der Waals surface area (Å²) in [4.78, 5) is 30.1. The van der Waals surface area contributed by atoms with E-state index in [0.29, 0.717) is 51.8 Å². The third-order valence-corrected chi connectivity index (χ3v) is 6.13. The molecule has 1 heterocycles. The minimum Gasteiger partial charge on any atom is -0.379 e. The topological polar surface area (TPSA) is 73.2 Å². The van der Waals surface area contributed by atoms with Crippen molar-refractivity contribution in [1.29, 1.82) is 0 Å². The number of aromatic nitrogens is 2. The average Bonchev–Trinajstić information content (AvgIpc) is 2.77. The predicted octanol–water partition coefficient (Wildman–Crippen LogP) is 4.72. The Morgan fingerprint density at radius 2 is 2.06 bits per heavy atom. The van der Waals surface area contributed by atoms with Gasteiger partial charge in [0.2, 0.25) is 5.91 Å². The van der Waals surface area contributed by atoms with Gasteiger partial charge in [0.05, 0.1) is 22.8 Å². The predicted molar refractivity (Wildman–Crippen MR) is 130 cm³/mol. The van der Waals surface area contributed by atoms with Crippen molar-refractivity contribution in [1.82, 2.24) is 14.9 Å². The van der Waals surface area contributed by atoms with Crippen molar-refractivity contribution in [2.24, 2.45) is 0 Å². The van der Waals surface area contributed by atoms with Gasteiger partial charge >= 0.3 is 0 Å². The molecule has 6 nitrogen and oxygen atoms in total. The normalized spacial score (nSPS) is 11.3. The number of rotatable bonds is 10. The van der Waals surface area contributed by atoms with Crippen molar-refractivity contribution < 1.29 is 13.9 Å². The van der Waals surface area contributed by atoms with E-state index in [-0.39, 0.29) is 35.7 Å². The maximum atomic E-state index is 13.7. The van der Waals surface area contributed by atoms with E-state index in [2.05, 4.69) is 10.3 Å². The zero-order chi connectivity index (χ0) is 24.0. The molecule has 0 aliphatic carbocycles. The van der Waals surface area contributed by atoms with Crippen LogP contribution in [0, 0.1) is 12.7 Å². The second-order valence-electron chi connectivity index (χ2n) is 7.93. The molecule has 3 rings (SSSR count). The molecule has 2 aromatic carbocycles. The molecule has 33 heavy (non-hydrogen) atoms. The Morgan fingerprint density at radius 1 is 1.27 bits per heavy atom. The van der Waals surface area contributed by atoms with Gasteiger partial charge in [-0.1, -0.05) is 35.5 Å². The molecule has 0 unspecified atom stereocenters. The van der Waals surface area contributed by atoms with E-state index in [1.807, 2.05) is 13.8 Å². The van der Waals surface area contributed by atoms with E-state index >= 15 is 0 Å². The van der Waals surface area contributed by atoms with Gasteiger partial charge in [-0.25, -0.2) is 9.37 Å². The van der Waals surface area contributed by atoms with Crippen molar-refractivity contribution in [3.8, 4) is 0 Å². The first-order valence-electron chi connectivity index (χ1n) is 10.7. The van der Waals surface area contributed by atoms with Gasteiger partial charge in [0.15, 0.2) is 5.16 Å². The van der Waals surface area contributed by atoms with E-state index in [1.165, 1.54) is 17.8 Å². The molecule has 9 heteroatoms. The van der Waals surface area contributed by atoms with Gasteiger partial charge in [-0.3, -0.25) is 14.2 Å². The zero-order valence-corrected chi connectivity index (χ0v) is 20.4. The average molecular weight is 492 g/mol. The molecule has 0 saturated heterocycles. The zero-order valence-electron chi connectivity index (χ0n) is 18.9. The molecule has 0 spiro atoms. The molecule has 0 radical (unpaired) electrons. The van der Waals surface area contributed by atoms with Crippen LogP contribution < -0.4 is 10.9 Å². The molecule has 1 aromatic heterocycles. The van der Waals surface area contributed by atoms with Crippen LogP contribution in [0.1, 0.15) is 31.4 Å². The molecule has 0 aliphatic heterocycles. The van der Waals surface area contributed by atoms with E-state index in [9.17, 15) is 14.0 Å². The highest BCUT2D eigenvalue weighted by atomic mass is 35.5. The quantitative estimate of drug-likeness (QED) is 0.252. The Bertz CT molecular complexity index is 1200. The summed E-state index contributed by atoms with van der Waals surface area (Å²) in [7, 11) is 0. The van der Waals surface area contributed by atoms with Crippen molar-refractivity contribution >= 4 is 40.2 Å². The van der Waals surface area contributed by atoms with E-state index in [4.69, 9.17) is 16.3 Å². The SMILES string of the molecule is Cc1ccc(CNC(=O)CSc2nc3cc(Cl)ccc3c(=O)n2CCCOC(C)C)cc1F. The fraction of sp³-hybridized carbons (Fsp3) is 0.375. The number of fused-ring (bicyclic) bond motifs is 1. The van der Waals surface area contributed by atoms with Crippen LogP contribution in [0.4, 0.5) is 4.39 Å². The van der Waals surface area contributed by atoms with Gasteiger partial charge in [-0.2, -0.15) is 0 Å². The summed E-state index contributed by atoms with van der Waals surface area (Å²) in [5, 5.41) is 4.17. The van der Waals surface area contributed by atoms with Crippen LogP contribution in [-0.4, -0.2) is 33.9 Å². The van der Waals surface area contributed by atoms with Gasteiger partial charge in [-0.05, 0) is 62.6 Å². The van der Waals surface area contributed by atoms with Crippen LogP contribution in [0.3, 0.4) is 0 Å². The third kappa shape index (κ3) is 7.03. The Balaban J connectivity index is 1.72. The molecule has 0 saturated carbocycles. The molecular weight excluding hydrogens is 465 g/mol. The van der Waals surface area contributed by atoms with Crippen molar-refractivity contribution in [3.05, 3.63) is 68.7 Å². The molecule has 0 bridgehead atoms. The summed E-state index contributed by atoms with van der Waals surface area (Å²) in [5.41, 5.74) is 1.54. The third-order valence-electron chi connectivity index (χ3n) is 4.92. The van der Waals surface area contributed by atoms with Crippen LogP contribution in [0.15, 0.2) is 46.3 Å². The minimum atomic E-state index is -0.305. The van der Waals surface area contributed by atoms with Gasteiger partial charge in [0, 0.05) is 24.7 Å². The number of hydrogen-bond donors (Lipinski definition) is 1. The smallest absolute Gasteiger partial charge is 0.262 e. The lowest BCUT2D eigenvalue weighted by Crippen LogP contribution is -2.27. The molecule has 0 fully saturated rings. The second-order valence-corrected chi connectivity index (χ2v) is 9.31. The Morgan fingerprint density at radius 3 is 2.79 bits per heavy atom. The number of halogens is 2. The molecule has 0 atom stereocenters. The number of aryl methyl sites for hydroxylation is 1. The highest BCUT2D eigenvalue weighted by molar-refractivity contribution is 7.99. The molecule has 176 valence electrons. The van der Waals surface area contributed by atoms with Crippen molar-refractivity contribution in [3.63, 3.8) is 0 Å². The lowest BCUT2D eigenvalue weighted by Gasteiger charge is -2.14. The van der Waals surface area contributed by atoms with E-state index < -0.39 is 0 Å². The number of benzene rings is 2. The first kappa shape index (κ1) is 25.2. The Hall–Kier alpha value is -2.42. The van der Waals surface area contributed by atoms with Crippen LogP contribution in [0.2, 0.25) is 5.02 Å². The van der Waals surface area contributed by atoms with Crippen LogP contribution >= 0.6 is 23.4 Å². The monoisotopic (exact) mass is 491 g/mol. The molecular formula is C24H27ClFN3O3S. The van der Waals surface area contributed by atoms with Crippen molar-refractivity contribution in [2.75, 3.05) is 12.4 Å². The number of nitrogens with one attached hydrogen (secondary N) is 1. The van der Waals surface area contributed by atoms with Crippen LogP contribution in [0.5, 0.6) is 0 Å². The summed E-state index contributed by atoms with van der Waals surface area (Å²) in [6, 6.07) is 9.83. The summed E-state index contributed by atoms with van der Waals surface area (Å²) in [6.45, 7) is 6.75. The minimum absolute atomic E-state index is 0.0648. The molecule has 1 amide bonds. The highest BCUT2D eigenvalue weighted by Crippen LogP contribution is 2.21. The standard InChI is InChI=1S/C24H27ClFN3O3S/c1-15(2)32-10-4-9-29-23(31)19-8-7-18(25)12-21(19)28-24(29)33-14-22(30)27-13-17-6-5-16(3)20(26)11-17/h5-8,11-12,15H,4,9-10,13-14H2,1-3H3,(H,27,30). The fourth-order valence-electron chi connectivity index (χ4n) is 3.15. The number of amides is 1. The highest BCUT2D eigenvalue weighted by Gasteiger charge is 2.14. The lowest BCUT2D eigenvalue weighted by atomic mass is 10.1. The van der Waals surface area contributed by atoms with E-state index in [0.717, 1.165) is 0 Å². The van der Waals surface area contributed by atoms with Crippen LogP contribution in [-0.2, 0) is 22.6 Å². The van der Waals surface area contributed by atoms with Gasteiger partial charge in [-0.15, -0.1) is 0 Å². The van der Waals surface area contributed by atoms with Crippen molar-refractivity contribution in [2.45, 2.75) is 51.5 Å². The largest absolute Gasteiger partial charge is 0.379 e. The summed E-state index contributed by atoms with van der Waals surface area (Å²) in [6.07, 6.45) is 0.746. The Labute approximate surface area is 201 Å². The van der Waals surface area contributed by atoms with Crippen LogP contribution in [0.25, 0.3) is 10.9 Å². The number of carbonyl (C=O) groups is 1. The number of nitrogens with zero attached hydrogens (tertiary/aromatic N) is 2. The van der Waals surface area contributed by atoms with E-state index in [1.54, 1.807) is 41.8 Å². The number of ether oxygens (including phenoxy) is 1. The second kappa shape index (κ2) is 11.6. The maximum absolute atomic E-state index is 13.7. The number of carbonyl (C=O) groups excluding carboxylic acids is 1. The van der Waals surface area contributed by atoms with Gasteiger partial charge in [0.25, 0.3) is 5.56 Å². The molecule has 3 aromatic rings. The first-order chi connectivity index (χ1) is 15.7. The molecule has 0 aliphatic rings. The van der Waals surface area contributed by atoms with Gasteiger partial charge in [0.1, 0.15) is 5.82 Å². The summed E-state index contributed by atoms with van der Waals surface area (Å²) >= 11 is 7.26. The van der Waals surface area contributed by atoms with Gasteiger partial charge < -0.3 is 10.1 Å².